The minimum atomic E-state index is -0.796. The number of carbonyl (C=O) groups is 1. The van der Waals surface area contributed by atoms with Crippen LogP contribution in [-0.2, 0) is 12.5 Å². The fraction of sp³-hybridized carbons (Fsp3) is 0.185. The molecule has 0 saturated carbocycles. The lowest BCUT2D eigenvalue weighted by molar-refractivity contribution is 0.102. The number of aryl methyl sites for hydroxylation is 2. The summed E-state index contributed by atoms with van der Waals surface area (Å²) >= 11 is 0. The van der Waals surface area contributed by atoms with Crippen molar-refractivity contribution in [3.8, 4) is 6.07 Å². The van der Waals surface area contributed by atoms with Gasteiger partial charge in [0.05, 0.1) is 28.7 Å². The maximum absolute atomic E-state index is 13.1. The molecule has 0 radical (unpaired) electrons. The van der Waals surface area contributed by atoms with Crippen LogP contribution in [0.1, 0.15) is 35.3 Å². The Balaban J connectivity index is 1.62. The van der Waals surface area contributed by atoms with Gasteiger partial charge in [-0.15, -0.1) is 0 Å². The molecule has 0 fully saturated rings. The zero-order valence-corrected chi connectivity index (χ0v) is 19.5. The van der Waals surface area contributed by atoms with Crippen molar-refractivity contribution in [3.63, 3.8) is 0 Å². The molecule has 170 valence electrons. The van der Waals surface area contributed by atoms with Crippen LogP contribution in [0.3, 0.4) is 0 Å². The lowest BCUT2D eigenvalue weighted by atomic mass is 9.83. The first-order chi connectivity index (χ1) is 16.2. The fourth-order valence-corrected chi connectivity index (χ4v) is 3.76. The minimum absolute atomic E-state index is 0.120. The van der Waals surface area contributed by atoms with Crippen molar-refractivity contribution < 1.29 is 4.79 Å². The summed E-state index contributed by atoms with van der Waals surface area (Å²) in [6.07, 6.45) is 1.50. The van der Waals surface area contributed by atoms with Crippen LogP contribution in [0.5, 0.6) is 0 Å². The molecule has 0 saturated heterocycles. The first-order valence-corrected chi connectivity index (χ1v) is 10.8. The number of carbonyl (C=O) groups excluding carboxylic acids is 1. The van der Waals surface area contributed by atoms with Crippen LogP contribution in [0.25, 0.3) is 10.9 Å². The molecule has 2 N–H and O–H groups in total. The van der Waals surface area contributed by atoms with Crippen molar-refractivity contribution in [1.29, 1.82) is 5.26 Å². The van der Waals surface area contributed by atoms with Gasteiger partial charge < -0.3 is 15.2 Å². The summed E-state index contributed by atoms with van der Waals surface area (Å²) in [5.74, 6) is -0.283. The SMILES string of the molecule is Cc1ccc(NC(=O)c2ccccc2C(C)(C)C#N)cc1Nc1ccc2ncn(C)c(=O)c2c1. The first kappa shape index (κ1) is 22.7. The highest BCUT2D eigenvalue weighted by Gasteiger charge is 2.25. The molecule has 1 heterocycles. The molecule has 1 aromatic heterocycles. The number of nitriles is 1. The Hall–Kier alpha value is -4.44. The smallest absolute Gasteiger partial charge is 0.260 e. The maximum Gasteiger partial charge on any atom is 0.260 e. The summed E-state index contributed by atoms with van der Waals surface area (Å²) in [5.41, 5.74) is 3.97. The second-order valence-electron chi connectivity index (χ2n) is 8.78. The van der Waals surface area contributed by atoms with Crippen LogP contribution in [-0.4, -0.2) is 15.5 Å². The number of benzene rings is 3. The van der Waals surface area contributed by atoms with E-state index in [0.29, 0.717) is 27.7 Å². The van der Waals surface area contributed by atoms with Crippen LogP contribution < -0.4 is 16.2 Å². The second-order valence-corrected chi connectivity index (χ2v) is 8.78. The van der Waals surface area contributed by atoms with E-state index in [2.05, 4.69) is 21.7 Å². The Bertz CT molecular complexity index is 1510. The molecule has 0 aliphatic heterocycles. The number of rotatable bonds is 5. The third-order valence-corrected chi connectivity index (χ3v) is 5.82. The van der Waals surface area contributed by atoms with Crippen LogP contribution in [0.2, 0.25) is 0 Å². The molecule has 4 rings (SSSR count). The van der Waals surface area contributed by atoms with Gasteiger partial charge in [-0.3, -0.25) is 9.59 Å². The molecule has 0 unspecified atom stereocenters. The predicted octanol–water partition coefficient (Wildman–Crippen LogP) is 5.04. The second kappa shape index (κ2) is 8.83. The van der Waals surface area contributed by atoms with E-state index in [4.69, 9.17) is 0 Å². The van der Waals surface area contributed by atoms with Gasteiger partial charge in [0.25, 0.3) is 11.5 Å². The van der Waals surface area contributed by atoms with Crippen LogP contribution in [0.4, 0.5) is 17.1 Å². The molecule has 1 amide bonds. The average molecular weight is 452 g/mol. The first-order valence-electron chi connectivity index (χ1n) is 10.8. The normalized spacial score (nSPS) is 11.1. The Morgan fingerprint density at radius 3 is 2.56 bits per heavy atom. The highest BCUT2D eigenvalue weighted by molar-refractivity contribution is 6.06. The Morgan fingerprint density at radius 2 is 1.79 bits per heavy atom. The average Bonchev–Trinajstić information content (AvgIpc) is 2.84. The Labute approximate surface area is 197 Å². The highest BCUT2D eigenvalue weighted by atomic mass is 16.1. The van der Waals surface area contributed by atoms with Gasteiger partial charge in [-0.05, 0) is 68.3 Å². The molecule has 0 aliphatic rings. The van der Waals surface area contributed by atoms with Gasteiger partial charge in [-0.2, -0.15) is 5.26 Å². The monoisotopic (exact) mass is 451 g/mol. The molecule has 0 atom stereocenters. The summed E-state index contributed by atoms with van der Waals surface area (Å²) in [5, 5.41) is 16.3. The van der Waals surface area contributed by atoms with Crippen molar-refractivity contribution >= 4 is 33.9 Å². The van der Waals surface area contributed by atoms with E-state index in [1.165, 1.54) is 10.9 Å². The van der Waals surface area contributed by atoms with E-state index < -0.39 is 5.41 Å². The standard InChI is InChI=1S/C27H25N5O2/c1-17-9-10-19(31-25(33)20-7-5-6-8-22(20)27(2,3)15-28)14-24(17)30-18-11-12-23-21(13-18)26(34)32(4)16-29-23/h5-14,16,30H,1-4H3,(H,31,33). The predicted molar refractivity (Wildman–Crippen MR) is 134 cm³/mol. The van der Waals surface area contributed by atoms with Crippen molar-refractivity contribution in [1.82, 2.24) is 9.55 Å². The Morgan fingerprint density at radius 1 is 1.06 bits per heavy atom. The molecule has 0 aliphatic carbocycles. The molecule has 7 nitrogen and oxygen atoms in total. The molecule has 0 bridgehead atoms. The zero-order chi connectivity index (χ0) is 24.5. The van der Waals surface area contributed by atoms with E-state index in [1.807, 2.05) is 37.3 Å². The summed E-state index contributed by atoms with van der Waals surface area (Å²) in [6, 6.07) is 20.4. The van der Waals surface area contributed by atoms with Crippen LogP contribution in [0.15, 0.2) is 71.8 Å². The quantitative estimate of drug-likeness (QED) is 0.443. The van der Waals surface area contributed by atoms with Gasteiger partial charge in [0.1, 0.15) is 0 Å². The number of hydrogen-bond donors (Lipinski definition) is 2. The number of fused-ring (bicyclic) bond motifs is 1. The third kappa shape index (κ3) is 4.39. The van der Waals surface area contributed by atoms with Gasteiger partial charge in [0, 0.05) is 29.7 Å². The molecule has 4 aromatic rings. The molecule has 7 heteroatoms. The van der Waals surface area contributed by atoms with Gasteiger partial charge in [0.15, 0.2) is 0 Å². The van der Waals surface area contributed by atoms with E-state index >= 15 is 0 Å². The van der Waals surface area contributed by atoms with E-state index in [1.54, 1.807) is 51.2 Å². The zero-order valence-electron chi connectivity index (χ0n) is 19.5. The highest BCUT2D eigenvalue weighted by Crippen LogP contribution is 2.28. The van der Waals surface area contributed by atoms with E-state index in [-0.39, 0.29) is 11.5 Å². The van der Waals surface area contributed by atoms with Gasteiger partial charge in [-0.1, -0.05) is 24.3 Å². The van der Waals surface area contributed by atoms with Crippen LogP contribution in [0, 0.1) is 18.3 Å². The largest absolute Gasteiger partial charge is 0.355 e. The summed E-state index contributed by atoms with van der Waals surface area (Å²) in [4.78, 5) is 29.8. The molecular weight excluding hydrogens is 426 g/mol. The summed E-state index contributed by atoms with van der Waals surface area (Å²) in [7, 11) is 1.67. The van der Waals surface area contributed by atoms with Crippen molar-refractivity contribution in [2.24, 2.45) is 7.05 Å². The minimum Gasteiger partial charge on any atom is -0.355 e. The number of nitrogens with zero attached hydrogens (tertiary/aromatic N) is 3. The number of amides is 1. The topological polar surface area (TPSA) is 99.8 Å². The number of hydrogen-bond acceptors (Lipinski definition) is 5. The molecule has 3 aromatic carbocycles. The lowest BCUT2D eigenvalue weighted by Crippen LogP contribution is -2.22. The molecule has 34 heavy (non-hydrogen) atoms. The van der Waals surface area contributed by atoms with Crippen molar-refractivity contribution in [2.75, 3.05) is 10.6 Å². The van der Waals surface area contributed by atoms with Crippen molar-refractivity contribution in [2.45, 2.75) is 26.2 Å². The maximum atomic E-state index is 13.1. The Kier molecular flexibility index (Phi) is 5.91. The van der Waals surface area contributed by atoms with E-state index in [9.17, 15) is 14.9 Å². The summed E-state index contributed by atoms with van der Waals surface area (Å²) < 4.78 is 1.44. The van der Waals surface area contributed by atoms with Gasteiger partial charge in [-0.25, -0.2) is 4.98 Å². The number of aromatic nitrogens is 2. The fourth-order valence-electron chi connectivity index (χ4n) is 3.76. The third-order valence-electron chi connectivity index (χ3n) is 5.82. The molecular formula is C27H25N5O2. The van der Waals surface area contributed by atoms with Gasteiger partial charge in [0.2, 0.25) is 0 Å². The summed E-state index contributed by atoms with van der Waals surface area (Å²) in [6.45, 7) is 5.54. The number of anilines is 3. The van der Waals surface area contributed by atoms with Gasteiger partial charge >= 0.3 is 0 Å². The van der Waals surface area contributed by atoms with Crippen LogP contribution >= 0.6 is 0 Å². The van der Waals surface area contributed by atoms with Crippen molar-refractivity contribution in [3.05, 3.63) is 94.0 Å². The number of nitrogens with one attached hydrogen (secondary N) is 2. The lowest BCUT2D eigenvalue weighted by Gasteiger charge is -2.20. The van der Waals surface area contributed by atoms with E-state index in [0.717, 1.165) is 16.9 Å². The molecule has 0 spiro atoms.